The molecule has 1 aromatic rings. The molecule has 0 unspecified atom stereocenters. The average molecular weight is 208 g/mol. The monoisotopic (exact) mass is 208 g/mol. The molecule has 1 aromatic carbocycles. The molecule has 0 aliphatic rings. The van der Waals surface area contributed by atoms with E-state index in [9.17, 15) is 4.79 Å². The van der Waals surface area contributed by atoms with Gasteiger partial charge >= 0.3 is 6.03 Å². The van der Waals surface area contributed by atoms with Gasteiger partial charge in [0.25, 0.3) is 0 Å². The summed E-state index contributed by atoms with van der Waals surface area (Å²) in [5.41, 5.74) is 5.79. The summed E-state index contributed by atoms with van der Waals surface area (Å²) in [4.78, 5) is 11.7. The molecule has 0 atom stereocenters. The molecule has 74 valence electrons. The van der Waals surface area contributed by atoms with E-state index in [0.717, 1.165) is 16.3 Å². The minimum absolute atomic E-state index is 0.545. The summed E-state index contributed by atoms with van der Waals surface area (Å²) < 4.78 is 0. The Morgan fingerprint density at radius 3 is 2.93 bits per heavy atom. The molecule has 0 bridgehead atoms. The molecule has 0 radical (unpaired) electrons. The molecule has 0 saturated carbocycles. The van der Waals surface area contributed by atoms with Gasteiger partial charge in [-0.2, -0.15) is 0 Å². The van der Waals surface area contributed by atoms with E-state index in [-0.39, 0.29) is 0 Å². The van der Waals surface area contributed by atoms with E-state index in [4.69, 9.17) is 5.73 Å². The van der Waals surface area contributed by atoms with Crippen LogP contribution in [0.4, 0.5) is 10.5 Å². The Kier molecular flexibility index (Phi) is 4.07. The lowest BCUT2D eigenvalue weighted by atomic mass is 10.3. The van der Waals surface area contributed by atoms with Gasteiger partial charge in [-0.3, -0.25) is 0 Å². The quantitative estimate of drug-likeness (QED) is 0.590. The maximum absolute atomic E-state index is 10.7. The number of urea groups is 1. The highest BCUT2D eigenvalue weighted by atomic mass is 32.2. The zero-order chi connectivity index (χ0) is 10.4. The van der Waals surface area contributed by atoms with Crippen LogP contribution in [0, 0.1) is 0 Å². The number of amides is 2. The summed E-state index contributed by atoms with van der Waals surface area (Å²) in [5.74, 6) is 0.803. The van der Waals surface area contributed by atoms with E-state index in [1.807, 2.05) is 30.3 Å². The molecule has 3 N–H and O–H groups in total. The number of hydrogen-bond donors (Lipinski definition) is 2. The first kappa shape index (κ1) is 10.7. The van der Waals surface area contributed by atoms with Crippen molar-refractivity contribution < 1.29 is 4.79 Å². The maximum Gasteiger partial charge on any atom is 0.316 e. The second kappa shape index (κ2) is 5.34. The third kappa shape index (κ3) is 3.14. The smallest absolute Gasteiger partial charge is 0.316 e. The first-order valence-electron chi connectivity index (χ1n) is 4.13. The molecule has 0 spiro atoms. The summed E-state index contributed by atoms with van der Waals surface area (Å²) >= 11 is 1.60. The molecular weight excluding hydrogens is 196 g/mol. The molecule has 2 amide bonds. The Bertz CT molecular complexity index is 339. The van der Waals surface area contributed by atoms with Crippen LogP contribution in [0.3, 0.4) is 0 Å². The zero-order valence-corrected chi connectivity index (χ0v) is 8.51. The molecule has 0 heterocycles. The van der Waals surface area contributed by atoms with Gasteiger partial charge in [-0.15, -0.1) is 18.3 Å². The van der Waals surface area contributed by atoms with Gasteiger partial charge in [0.1, 0.15) is 0 Å². The fourth-order valence-corrected chi connectivity index (χ4v) is 1.72. The molecule has 14 heavy (non-hydrogen) atoms. The van der Waals surface area contributed by atoms with Crippen LogP contribution in [0.5, 0.6) is 0 Å². The molecule has 0 fully saturated rings. The van der Waals surface area contributed by atoms with Crippen LogP contribution >= 0.6 is 11.8 Å². The number of thioether (sulfide) groups is 1. The van der Waals surface area contributed by atoms with Gasteiger partial charge in [0.2, 0.25) is 0 Å². The number of hydrogen-bond acceptors (Lipinski definition) is 2. The summed E-state index contributed by atoms with van der Waals surface area (Å²) in [6, 6.07) is 6.97. The van der Waals surface area contributed by atoms with Gasteiger partial charge in [-0.05, 0) is 12.1 Å². The van der Waals surface area contributed by atoms with Crippen LogP contribution in [0.15, 0.2) is 41.8 Å². The predicted octanol–water partition coefficient (Wildman–Crippen LogP) is 2.46. The lowest BCUT2D eigenvalue weighted by Crippen LogP contribution is -2.19. The summed E-state index contributed by atoms with van der Waals surface area (Å²) in [6.07, 6.45) is 1.81. The van der Waals surface area contributed by atoms with Gasteiger partial charge < -0.3 is 11.1 Å². The van der Waals surface area contributed by atoms with Gasteiger partial charge in [0.15, 0.2) is 0 Å². The van der Waals surface area contributed by atoms with Gasteiger partial charge in [-0.1, -0.05) is 18.2 Å². The second-order valence-electron chi connectivity index (χ2n) is 2.59. The van der Waals surface area contributed by atoms with Crippen molar-refractivity contribution in [2.45, 2.75) is 4.90 Å². The summed E-state index contributed by atoms with van der Waals surface area (Å²) in [7, 11) is 0. The highest BCUT2D eigenvalue weighted by molar-refractivity contribution is 7.99. The largest absolute Gasteiger partial charge is 0.351 e. The average Bonchev–Trinajstić information content (AvgIpc) is 2.16. The first-order chi connectivity index (χ1) is 6.74. The minimum atomic E-state index is -0.545. The SMILES string of the molecule is C=CCSc1ccccc1NC(N)=O. The van der Waals surface area contributed by atoms with Crippen LogP contribution in [0.25, 0.3) is 0 Å². The van der Waals surface area contributed by atoms with Crippen LogP contribution in [-0.4, -0.2) is 11.8 Å². The van der Waals surface area contributed by atoms with Gasteiger partial charge in [0.05, 0.1) is 5.69 Å². The number of primary amides is 1. The molecule has 4 heteroatoms. The van der Waals surface area contributed by atoms with Crippen molar-refractivity contribution in [1.29, 1.82) is 0 Å². The fraction of sp³-hybridized carbons (Fsp3) is 0.100. The molecule has 0 aliphatic carbocycles. The molecule has 0 aromatic heterocycles. The zero-order valence-electron chi connectivity index (χ0n) is 7.69. The second-order valence-corrected chi connectivity index (χ2v) is 3.65. The van der Waals surface area contributed by atoms with Crippen molar-refractivity contribution >= 4 is 23.5 Å². The van der Waals surface area contributed by atoms with Crippen molar-refractivity contribution in [3.05, 3.63) is 36.9 Å². The number of anilines is 1. The maximum atomic E-state index is 10.7. The summed E-state index contributed by atoms with van der Waals surface area (Å²) in [6.45, 7) is 3.63. The molecular formula is C10H12N2OS. The number of nitrogens with one attached hydrogen (secondary N) is 1. The third-order valence-corrected chi connectivity index (χ3v) is 2.57. The standard InChI is InChI=1S/C10H12N2OS/c1-2-7-14-9-6-4-3-5-8(9)12-10(11)13/h2-6H,1,7H2,(H3,11,12,13). The number of para-hydroxylation sites is 1. The Balaban J connectivity index is 2.79. The Hall–Kier alpha value is -1.42. The topological polar surface area (TPSA) is 55.1 Å². The molecule has 0 saturated heterocycles. The van der Waals surface area contributed by atoms with Gasteiger partial charge in [-0.25, -0.2) is 4.79 Å². The van der Waals surface area contributed by atoms with E-state index in [1.54, 1.807) is 11.8 Å². The van der Waals surface area contributed by atoms with E-state index >= 15 is 0 Å². The van der Waals surface area contributed by atoms with Crippen LogP contribution < -0.4 is 11.1 Å². The third-order valence-electron chi connectivity index (χ3n) is 1.50. The minimum Gasteiger partial charge on any atom is -0.351 e. The Morgan fingerprint density at radius 2 is 2.29 bits per heavy atom. The Labute approximate surface area is 87.4 Å². The first-order valence-corrected chi connectivity index (χ1v) is 5.12. The Morgan fingerprint density at radius 1 is 1.57 bits per heavy atom. The highest BCUT2D eigenvalue weighted by Gasteiger charge is 2.02. The van der Waals surface area contributed by atoms with Crippen molar-refractivity contribution in [2.75, 3.05) is 11.1 Å². The summed E-state index contributed by atoms with van der Waals surface area (Å²) in [5, 5.41) is 2.57. The number of benzene rings is 1. The van der Waals surface area contributed by atoms with Gasteiger partial charge in [0, 0.05) is 10.6 Å². The van der Waals surface area contributed by atoms with Crippen molar-refractivity contribution in [2.24, 2.45) is 5.73 Å². The van der Waals surface area contributed by atoms with Crippen molar-refractivity contribution in [1.82, 2.24) is 0 Å². The molecule has 1 rings (SSSR count). The van der Waals surface area contributed by atoms with Crippen molar-refractivity contribution in [3.8, 4) is 0 Å². The number of carbonyl (C=O) groups excluding carboxylic acids is 1. The van der Waals surface area contributed by atoms with E-state index in [1.165, 1.54) is 0 Å². The lowest BCUT2D eigenvalue weighted by Gasteiger charge is -2.07. The normalized spacial score (nSPS) is 9.43. The number of nitrogens with two attached hydrogens (primary N) is 1. The predicted molar refractivity (Wildman–Crippen MR) is 60.6 cm³/mol. The van der Waals surface area contributed by atoms with E-state index in [2.05, 4.69) is 11.9 Å². The van der Waals surface area contributed by atoms with E-state index in [0.29, 0.717) is 0 Å². The number of rotatable bonds is 4. The highest BCUT2D eigenvalue weighted by Crippen LogP contribution is 2.26. The number of carbonyl (C=O) groups is 1. The lowest BCUT2D eigenvalue weighted by molar-refractivity contribution is 0.259. The fourth-order valence-electron chi connectivity index (χ4n) is 0.977. The van der Waals surface area contributed by atoms with Crippen LogP contribution in [0.1, 0.15) is 0 Å². The van der Waals surface area contributed by atoms with E-state index < -0.39 is 6.03 Å². The van der Waals surface area contributed by atoms with Crippen LogP contribution in [0.2, 0.25) is 0 Å². The van der Waals surface area contributed by atoms with Crippen molar-refractivity contribution in [3.63, 3.8) is 0 Å². The molecule has 3 nitrogen and oxygen atoms in total. The molecule has 0 aliphatic heterocycles. The van der Waals surface area contributed by atoms with Crippen LogP contribution in [-0.2, 0) is 0 Å².